The molecular formula is C20H19ClN2O4. The van der Waals surface area contributed by atoms with Gasteiger partial charge in [-0.15, -0.1) is 0 Å². The van der Waals surface area contributed by atoms with Crippen LogP contribution in [0.25, 0.3) is 0 Å². The van der Waals surface area contributed by atoms with Gasteiger partial charge in [-0.05, 0) is 42.2 Å². The first-order chi connectivity index (χ1) is 13.0. The smallest absolute Gasteiger partial charge is 0.325 e. The van der Waals surface area contributed by atoms with Crippen molar-refractivity contribution in [3.05, 3.63) is 64.7 Å². The quantitative estimate of drug-likeness (QED) is 0.747. The minimum absolute atomic E-state index is 0.105. The average Bonchev–Trinajstić information content (AvgIpc) is 3.47. The zero-order valence-electron chi connectivity index (χ0n) is 14.7. The molecule has 2 unspecified atom stereocenters. The van der Waals surface area contributed by atoms with E-state index in [1.54, 1.807) is 24.3 Å². The van der Waals surface area contributed by atoms with Crippen LogP contribution in [0, 0.1) is 5.92 Å². The first-order valence-electron chi connectivity index (χ1n) is 8.50. The molecule has 1 saturated carbocycles. The number of rotatable bonds is 6. The van der Waals surface area contributed by atoms with Crippen LogP contribution in [-0.4, -0.2) is 31.4 Å². The van der Waals surface area contributed by atoms with Crippen LogP contribution < -0.4 is 10.6 Å². The lowest BCUT2D eigenvalue weighted by Gasteiger charge is -2.08. The van der Waals surface area contributed by atoms with Gasteiger partial charge in [0.05, 0.1) is 7.11 Å². The second-order valence-corrected chi connectivity index (χ2v) is 6.71. The molecule has 1 fully saturated rings. The molecule has 7 heteroatoms. The number of benzene rings is 2. The monoisotopic (exact) mass is 386 g/mol. The SMILES string of the molecule is COC(=O)CNC(=O)c1cccc(NC(=O)C2CC2c2ccccc2Cl)c1. The van der Waals surface area contributed by atoms with Gasteiger partial charge in [0.1, 0.15) is 6.54 Å². The van der Waals surface area contributed by atoms with E-state index in [1.807, 2.05) is 24.3 Å². The number of ether oxygens (including phenoxy) is 1. The normalized spacial score (nSPS) is 17.7. The van der Waals surface area contributed by atoms with E-state index in [-0.39, 0.29) is 24.3 Å². The molecule has 1 aliphatic carbocycles. The van der Waals surface area contributed by atoms with Gasteiger partial charge in [-0.1, -0.05) is 35.9 Å². The molecule has 2 atom stereocenters. The summed E-state index contributed by atoms with van der Waals surface area (Å²) in [5, 5.41) is 5.97. The summed E-state index contributed by atoms with van der Waals surface area (Å²) in [7, 11) is 1.25. The van der Waals surface area contributed by atoms with Gasteiger partial charge in [-0.2, -0.15) is 0 Å². The Kier molecular flexibility index (Phi) is 5.76. The highest BCUT2D eigenvalue weighted by Crippen LogP contribution is 2.49. The fourth-order valence-electron chi connectivity index (χ4n) is 2.90. The maximum atomic E-state index is 12.5. The number of carbonyl (C=O) groups excluding carboxylic acids is 3. The number of hydrogen-bond acceptors (Lipinski definition) is 4. The molecule has 3 rings (SSSR count). The van der Waals surface area contributed by atoms with Crippen LogP contribution in [0.1, 0.15) is 28.3 Å². The van der Waals surface area contributed by atoms with Crippen molar-refractivity contribution in [1.82, 2.24) is 5.32 Å². The number of carbonyl (C=O) groups is 3. The lowest BCUT2D eigenvalue weighted by atomic mass is 10.1. The highest BCUT2D eigenvalue weighted by atomic mass is 35.5. The third-order valence-electron chi connectivity index (χ3n) is 4.45. The van der Waals surface area contributed by atoms with E-state index in [0.717, 1.165) is 12.0 Å². The van der Waals surface area contributed by atoms with Crippen molar-refractivity contribution in [2.45, 2.75) is 12.3 Å². The van der Waals surface area contributed by atoms with Crippen LogP contribution in [0.15, 0.2) is 48.5 Å². The van der Waals surface area contributed by atoms with E-state index >= 15 is 0 Å². The Morgan fingerprint density at radius 1 is 1.15 bits per heavy atom. The molecular weight excluding hydrogens is 368 g/mol. The van der Waals surface area contributed by atoms with E-state index in [9.17, 15) is 14.4 Å². The van der Waals surface area contributed by atoms with E-state index in [2.05, 4.69) is 15.4 Å². The average molecular weight is 387 g/mol. The summed E-state index contributed by atoms with van der Waals surface area (Å²) >= 11 is 6.20. The van der Waals surface area contributed by atoms with Crippen molar-refractivity contribution < 1.29 is 19.1 Å². The number of hydrogen-bond donors (Lipinski definition) is 2. The number of halogens is 1. The Hall–Kier alpha value is -2.86. The number of esters is 1. The summed E-state index contributed by atoms with van der Waals surface area (Å²) in [5.41, 5.74) is 1.85. The number of nitrogens with one attached hydrogen (secondary N) is 2. The molecule has 6 nitrogen and oxygen atoms in total. The molecule has 0 aliphatic heterocycles. The fourth-order valence-corrected chi connectivity index (χ4v) is 3.18. The molecule has 0 spiro atoms. The largest absolute Gasteiger partial charge is 0.468 e. The van der Waals surface area contributed by atoms with E-state index in [4.69, 9.17) is 11.6 Å². The highest BCUT2D eigenvalue weighted by Gasteiger charge is 2.44. The van der Waals surface area contributed by atoms with Crippen molar-refractivity contribution in [2.24, 2.45) is 5.92 Å². The van der Waals surface area contributed by atoms with Gasteiger partial charge >= 0.3 is 5.97 Å². The Balaban J connectivity index is 1.60. The topological polar surface area (TPSA) is 84.5 Å². The van der Waals surface area contributed by atoms with Crippen LogP contribution in [0.2, 0.25) is 5.02 Å². The third-order valence-corrected chi connectivity index (χ3v) is 4.79. The van der Waals surface area contributed by atoms with Crippen molar-refractivity contribution in [3.63, 3.8) is 0 Å². The summed E-state index contributed by atoms with van der Waals surface area (Å²) in [6, 6.07) is 14.1. The Morgan fingerprint density at radius 2 is 1.93 bits per heavy atom. The van der Waals surface area contributed by atoms with Crippen LogP contribution in [-0.2, 0) is 14.3 Å². The number of amides is 2. The van der Waals surface area contributed by atoms with Crippen LogP contribution in [0.3, 0.4) is 0 Å². The summed E-state index contributed by atoms with van der Waals surface area (Å²) in [6.07, 6.45) is 0.745. The Morgan fingerprint density at radius 3 is 2.67 bits per heavy atom. The molecule has 0 heterocycles. The summed E-state index contributed by atoms with van der Waals surface area (Å²) < 4.78 is 4.48. The van der Waals surface area contributed by atoms with E-state index < -0.39 is 11.9 Å². The first-order valence-corrected chi connectivity index (χ1v) is 8.87. The van der Waals surface area contributed by atoms with E-state index in [1.165, 1.54) is 7.11 Å². The van der Waals surface area contributed by atoms with Crippen LogP contribution >= 0.6 is 11.6 Å². The van der Waals surface area contributed by atoms with Gasteiger partial charge in [0, 0.05) is 22.2 Å². The molecule has 1 aliphatic rings. The number of anilines is 1. The van der Waals surface area contributed by atoms with Crippen molar-refractivity contribution >= 4 is 35.1 Å². The third kappa shape index (κ3) is 4.65. The molecule has 0 bridgehead atoms. The second-order valence-electron chi connectivity index (χ2n) is 6.30. The Labute approximate surface area is 161 Å². The first kappa shape index (κ1) is 18.9. The molecule has 2 aromatic carbocycles. The van der Waals surface area contributed by atoms with Gasteiger partial charge in [0.25, 0.3) is 5.91 Å². The van der Waals surface area contributed by atoms with Gasteiger partial charge in [-0.25, -0.2) is 0 Å². The molecule has 0 saturated heterocycles. The van der Waals surface area contributed by atoms with Crippen molar-refractivity contribution in [1.29, 1.82) is 0 Å². The standard InChI is InChI=1S/C20H19ClN2O4/c1-27-18(24)11-22-19(25)12-5-4-6-13(9-12)23-20(26)16-10-15(16)14-7-2-3-8-17(14)21/h2-9,15-16H,10-11H2,1H3,(H,22,25)(H,23,26). The molecule has 2 aromatic rings. The molecule has 2 amide bonds. The minimum Gasteiger partial charge on any atom is -0.468 e. The van der Waals surface area contributed by atoms with Crippen molar-refractivity contribution in [2.75, 3.05) is 19.0 Å². The summed E-state index contributed by atoms with van der Waals surface area (Å²) in [6.45, 7) is -0.215. The molecule has 0 radical (unpaired) electrons. The van der Waals surface area contributed by atoms with Gasteiger partial charge < -0.3 is 15.4 Å². The number of methoxy groups -OCH3 is 1. The van der Waals surface area contributed by atoms with Gasteiger partial charge in [-0.3, -0.25) is 14.4 Å². The van der Waals surface area contributed by atoms with E-state index in [0.29, 0.717) is 16.3 Å². The zero-order chi connectivity index (χ0) is 19.4. The summed E-state index contributed by atoms with van der Waals surface area (Å²) in [4.78, 5) is 35.7. The predicted octanol–water partition coefficient (Wildman–Crippen LogP) is 2.99. The maximum Gasteiger partial charge on any atom is 0.325 e. The molecule has 0 aromatic heterocycles. The molecule has 140 valence electrons. The van der Waals surface area contributed by atoms with Crippen molar-refractivity contribution in [3.8, 4) is 0 Å². The molecule has 2 N–H and O–H groups in total. The minimum atomic E-state index is -0.535. The lowest BCUT2D eigenvalue weighted by Crippen LogP contribution is -2.30. The second kappa shape index (κ2) is 8.22. The fraction of sp³-hybridized carbons (Fsp3) is 0.250. The lowest BCUT2D eigenvalue weighted by molar-refractivity contribution is -0.139. The van der Waals surface area contributed by atoms with Crippen LogP contribution in [0.5, 0.6) is 0 Å². The summed E-state index contributed by atoms with van der Waals surface area (Å²) in [5.74, 6) is -1.08. The van der Waals surface area contributed by atoms with Crippen LogP contribution in [0.4, 0.5) is 5.69 Å². The van der Waals surface area contributed by atoms with Gasteiger partial charge in [0.2, 0.25) is 5.91 Å². The highest BCUT2D eigenvalue weighted by molar-refractivity contribution is 6.31. The zero-order valence-corrected chi connectivity index (χ0v) is 15.5. The Bertz CT molecular complexity index is 884. The van der Waals surface area contributed by atoms with Gasteiger partial charge in [0.15, 0.2) is 0 Å². The molecule has 27 heavy (non-hydrogen) atoms. The predicted molar refractivity (Wildman–Crippen MR) is 102 cm³/mol. The maximum absolute atomic E-state index is 12.5.